The van der Waals surface area contributed by atoms with Gasteiger partial charge in [0.25, 0.3) is 5.91 Å². The summed E-state index contributed by atoms with van der Waals surface area (Å²) in [5, 5.41) is 7.57. The Bertz CT molecular complexity index is 1030. The Morgan fingerprint density at radius 1 is 1.19 bits per heavy atom. The number of fused-ring (bicyclic) bond motifs is 1. The largest absolute Gasteiger partial charge is 0.497 e. The lowest BCUT2D eigenvalue weighted by Crippen LogP contribution is -2.35. The van der Waals surface area contributed by atoms with E-state index in [9.17, 15) is 4.79 Å². The second kappa shape index (κ2) is 6.58. The topological polar surface area (TPSA) is 63.2 Å². The zero-order chi connectivity index (χ0) is 19.0. The fourth-order valence-corrected chi connectivity index (χ4v) is 3.57. The summed E-state index contributed by atoms with van der Waals surface area (Å²) in [6, 6.07) is 13.7. The molecule has 5 nitrogen and oxygen atoms in total. The van der Waals surface area contributed by atoms with Gasteiger partial charge in [0.2, 0.25) is 0 Å². The summed E-state index contributed by atoms with van der Waals surface area (Å²) in [5.74, 6) is 0.609. The van der Waals surface area contributed by atoms with Crippen molar-refractivity contribution in [2.45, 2.75) is 25.3 Å². The second-order valence-electron chi connectivity index (χ2n) is 7.06. The molecule has 0 atom stereocenters. The Morgan fingerprint density at radius 2 is 2.00 bits per heavy atom. The summed E-state index contributed by atoms with van der Waals surface area (Å²) in [7, 11) is 3.50. The predicted molar refractivity (Wildman–Crippen MR) is 107 cm³/mol. The number of aromatic nitrogens is 1. The van der Waals surface area contributed by atoms with E-state index in [0.29, 0.717) is 11.3 Å². The molecule has 1 aromatic heterocycles. The number of hydrogen-bond donors (Lipinski definition) is 2. The lowest BCUT2D eigenvalue weighted by atomic mass is 9.97. The normalized spacial score (nSPS) is 14.6. The van der Waals surface area contributed by atoms with Crippen molar-refractivity contribution >= 4 is 22.5 Å². The van der Waals surface area contributed by atoms with Crippen LogP contribution in [0.4, 0.5) is 5.69 Å². The zero-order valence-corrected chi connectivity index (χ0v) is 15.8. The van der Waals surface area contributed by atoms with Crippen molar-refractivity contribution in [1.82, 2.24) is 10.3 Å². The lowest BCUT2D eigenvalue weighted by Gasteiger charge is -2.22. The number of ether oxygens (including phenoxy) is 1. The van der Waals surface area contributed by atoms with E-state index in [4.69, 9.17) is 4.74 Å². The molecule has 138 valence electrons. The minimum Gasteiger partial charge on any atom is -0.497 e. The monoisotopic (exact) mass is 361 g/mol. The summed E-state index contributed by atoms with van der Waals surface area (Å²) in [6.07, 6.45) is 3.63. The van der Waals surface area contributed by atoms with E-state index in [1.54, 1.807) is 19.4 Å². The summed E-state index contributed by atoms with van der Waals surface area (Å²) in [6.45, 7) is 1.94. The van der Waals surface area contributed by atoms with E-state index in [2.05, 4.69) is 27.8 Å². The fraction of sp³-hybridized carbons (Fsp3) is 0.273. The van der Waals surface area contributed by atoms with Crippen molar-refractivity contribution < 1.29 is 9.53 Å². The van der Waals surface area contributed by atoms with Crippen LogP contribution in [0.15, 0.2) is 48.7 Å². The first-order valence-electron chi connectivity index (χ1n) is 9.10. The number of carbonyl (C=O) groups excluding carboxylic acids is 1. The number of rotatable bonds is 5. The van der Waals surface area contributed by atoms with Crippen LogP contribution in [-0.4, -0.2) is 25.0 Å². The average Bonchev–Trinajstić information content (AvgIpc) is 3.47. The maximum absolute atomic E-state index is 13.1. The van der Waals surface area contributed by atoms with Crippen LogP contribution in [0, 0.1) is 6.92 Å². The van der Waals surface area contributed by atoms with Gasteiger partial charge in [0.15, 0.2) is 0 Å². The highest BCUT2D eigenvalue weighted by molar-refractivity contribution is 5.97. The van der Waals surface area contributed by atoms with Gasteiger partial charge in [-0.25, -0.2) is 0 Å². The maximum atomic E-state index is 13.1. The number of nitrogens with zero attached hydrogens (tertiary/aromatic N) is 1. The minimum atomic E-state index is -0.346. The maximum Gasteiger partial charge on any atom is 0.252 e. The van der Waals surface area contributed by atoms with E-state index in [-0.39, 0.29) is 11.4 Å². The van der Waals surface area contributed by atoms with Gasteiger partial charge in [-0.05, 0) is 61.2 Å². The van der Waals surface area contributed by atoms with Gasteiger partial charge in [-0.3, -0.25) is 9.78 Å². The molecule has 1 aliphatic rings. The van der Waals surface area contributed by atoms with Crippen LogP contribution in [0.1, 0.15) is 34.3 Å². The number of amides is 1. The van der Waals surface area contributed by atoms with E-state index in [1.165, 1.54) is 0 Å². The van der Waals surface area contributed by atoms with Crippen LogP contribution in [0.3, 0.4) is 0 Å². The molecule has 2 N–H and O–H groups in total. The standard InChI is InChI=1S/C22H23N3O2/c1-14-6-7-16(27-3)13-18(14)21(26)25-22(8-9-22)19-11-15(23-2)12-20-17(19)5-4-10-24-20/h4-7,10-13,23H,8-9H2,1-3H3,(H,25,26). The Labute approximate surface area is 158 Å². The zero-order valence-electron chi connectivity index (χ0n) is 15.8. The van der Waals surface area contributed by atoms with Gasteiger partial charge in [0.05, 0.1) is 18.2 Å². The second-order valence-corrected chi connectivity index (χ2v) is 7.06. The molecule has 0 bridgehead atoms. The predicted octanol–water partition coefficient (Wildman–Crippen LogP) is 4.01. The Kier molecular flexibility index (Phi) is 4.22. The third-order valence-electron chi connectivity index (χ3n) is 5.32. The molecule has 0 radical (unpaired) electrons. The molecular formula is C22H23N3O2. The molecule has 4 rings (SSSR count). The summed E-state index contributed by atoms with van der Waals surface area (Å²) in [4.78, 5) is 17.6. The van der Waals surface area contributed by atoms with Gasteiger partial charge >= 0.3 is 0 Å². The molecule has 0 saturated heterocycles. The number of pyridine rings is 1. The highest BCUT2D eigenvalue weighted by Crippen LogP contribution is 2.48. The number of anilines is 1. The number of aryl methyl sites for hydroxylation is 1. The first-order valence-corrected chi connectivity index (χ1v) is 9.10. The van der Waals surface area contributed by atoms with Gasteiger partial charge in [0, 0.05) is 29.9 Å². The molecule has 1 aliphatic carbocycles. The molecular weight excluding hydrogens is 338 g/mol. The number of nitrogens with one attached hydrogen (secondary N) is 2. The summed E-state index contributed by atoms with van der Waals surface area (Å²) in [5.41, 5.74) is 4.27. The minimum absolute atomic E-state index is 0.0733. The molecule has 1 saturated carbocycles. The summed E-state index contributed by atoms with van der Waals surface area (Å²) >= 11 is 0. The van der Waals surface area contributed by atoms with Crippen LogP contribution < -0.4 is 15.4 Å². The van der Waals surface area contributed by atoms with Crippen LogP contribution in [0.2, 0.25) is 0 Å². The molecule has 1 heterocycles. The number of benzene rings is 2. The number of hydrogen-bond acceptors (Lipinski definition) is 4. The van der Waals surface area contributed by atoms with E-state index in [0.717, 1.165) is 40.6 Å². The Morgan fingerprint density at radius 3 is 2.70 bits per heavy atom. The summed E-state index contributed by atoms with van der Waals surface area (Å²) < 4.78 is 5.28. The van der Waals surface area contributed by atoms with Gasteiger partial charge in [-0.15, -0.1) is 0 Å². The first-order chi connectivity index (χ1) is 13.1. The SMILES string of the molecule is CNc1cc(C2(NC(=O)c3cc(OC)ccc3C)CC2)c2cccnc2c1. The van der Waals surface area contributed by atoms with Crippen molar-refractivity contribution in [2.75, 3.05) is 19.5 Å². The average molecular weight is 361 g/mol. The molecule has 0 aliphatic heterocycles. The number of carbonyl (C=O) groups is 1. The van der Waals surface area contributed by atoms with Crippen LogP contribution >= 0.6 is 0 Å². The molecule has 3 aromatic rings. The Balaban J connectivity index is 1.73. The molecule has 0 spiro atoms. The van der Waals surface area contributed by atoms with Gasteiger partial charge in [0.1, 0.15) is 5.75 Å². The van der Waals surface area contributed by atoms with E-state index < -0.39 is 0 Å². The fourth-order valence-electron chi connectivity index (χ4n) is 3.57. The van der Waals surface area contributed by atoms with Crippen molar-refractivity contribution in [2.24, 2.45) is 0 Å². The van der Waals surface area contributed by atoms with E-state index in [1.807, 2.05) is 38.2 Å². The molecule has 2 aromatic carbocycles. The lowest BCUT2D eigenvalue weighted by molar-refractivity contribution is 0.0930. The molecule has 1 fully saturated rings. The first kappa shape index (κ1) is 17.3. The van der Waals surface area contributed by atoms with Crippen LogP contribution in [0.25, 0.3) is 10.9 Å². The number of methoxy groups -OCH3 is 1. The highest BCUT2D eigenvalue weighted by Gasteiger charge is 2.47. The molecule has 1 amide bonds. The molecule has 0 unspecified atom stereocenters. The molecule has 27 heavy (non-hydrogen) atoms. The van der Waals surface area contributed by atoms with Crippen molar-refractivity contribution in [1.29, 1.82) is 0 Å². The highest BCUT2D eigenvalue weighted by atomic mass is 16.5. The van der Waals surface area contributed by atoms with Crippen molar-refractivity contribution in [3.8, 4) is 5.75 Å². The Hall–Kier alpha value is -3.08. The van der Waals surface area contributed by atoms with Crippen LogP contribution in [-0.2, 0) is 5.54 Å². The quantitative estimate of drug-likeness (QED) is 0.721. The van der Waals surface area contributed by atoms with Gasteiger partial charge < -0.3 is 15.4 Å². The van der Waals surface area contributed by atoms with Gasteiger partial charge in [-0.1, -0.05) is 12.1 Å². The van der Waals surface area contributed by atoms with E-state index >= 15 is 0 Å². The third-order valence-corrected chi connectivity index (χ3v) is 5.32. The smallest absolute Gasteiger partial charge is 0.252 e. The molecule has 5 heteroatoms. The van der Waals surface area contributed by atoms with Crippen molar-refractivity contribution in [3.63, 3.8) is 0 Å². The van der Waals surface area contributed by atoms with Gasteiger partial charge in [-0.2, -0.15) is 0 Å². The van der Waals surface area contributed by atoms with Crippen molar-refractivity contribution in [3.05, 3.63) is 65.4 Å². The third kappa shape index (κ3) is 3.10. The van der Waals surface area contributed by atoms with Crippen LogP contribution in [0.5, 0.6) is 5.75 Å².